The molecule has 1 aromatic rings. The summed E-state index contributed by atoms with van der Waals surface area (Å²) in [5, 5.41) is 9.62. The van der Waals surface area contributed by atoms with Crippen molar-refractivity contribution in [2.75, 3.05) is 25.5 Å². The number of halogens is 1. The second kappa shape index (κ2) is 15.5. The van der Waals surface area contributed by atoms with Crippen molar-refractivity contribution in [2.45, 2.75) is 60.1 Å². The zero-order chi connectivity index (χ0) is 20.9. The highest BCUT2D eigenvalue weighted by Gasteiger charge is 2.13. The van der Waals surface area contributed by atoms with E-state index in [2.05, 4.69) is 34.8 Å². The predicted octanol–water partition coefficient (Wildman–Crippen LogP) is 4.41. The number of hydrogen-bond donors (Lipinski definition) is 3. The summed E-state index contributed by atoms with van der Waals surface area (Å²) in [5.74, 6) is 1.64. The number of ether oxygens (including phenoxy) is 1. The van der Waals surface area contributed by atoms with Crippen LogP contribution in [0.25, 0.3) is 0 Å². The highest BCUT2D eigenvalue weighted by Crippen LogP contribution is 2.12. The normalized spacial score (nSPS) is 12.5. The number of carbonyl (C=O) groups excluding carboxylic acids is 1. The van der Waals surface area contributed by atoms with Crippen LogP contribution < -0.4 is 16.0 Å². The second-order valence-corrected chi connectivity index (χ2v) is 7.73. The summed E-state index contributed by atoms with van der Waals surface area (Å²) < 4.78 is 5.78. The first-order valence-corrected chi connectivity index (χ1v) is 10.3. The Morgan fingerprint density at radius 3 is 2.48 bits per heavy atom. The Morgan fingerprint density at radius 1 is 1.17 bits per heavy atom. The van der Waals surface area contributed by atoms with E-state index in [1.54, 1.807) is 7.05 Å². The molecule has 0 saturated carbocycles. The molecule has 0 heterocycles. The van der Waals surface area contributed by atoms with Gasteiger partial charge in [-0.25, -0.2) is 0 Å². The largest absolute Gasteiger partial charge is 0.378 e. The van der Waals surface area contributed by atoms with Gasteiger partial charge in [-0.05, 0) is 42.9 Å². The van der Waals surface area contributed by atoms with Gasteiger partial charge in [0.05, 0.1) is 6.10 Å². The van der Waals surface area contributed by atoms with Crippen LogP contribution in [0.2, 0.25) is 0 Å². The van der Waals surface area contributed by atoms with Crippen LogP contribution in [0.1, 0.15) is 53.0 Å². The third kappa shape index (κ3) is 12.1. The molecular formula is C22H39IN4O2. The molecule has 1 unspecified atom stereocenters. The lowest BCUT2D eigenvalue weighted by molar-refractivity contribution is -0.116. The molecule has 7 heteroatoms. The Hall–Kier alpha value is -1.35. The standard InChI is InChI=1S/C22H38N4O2.HI/c1-7-28-20(17(4)5)11-12-24-22(23-6)25-15-18-9-8-10-19(14-18)26-21(27)13-16(2)3;/h8-10,14,16-17,20H,7,11-13,15H2,1-6H3,(H,26,27)(H2,23,24,25);1H. The molecule has 1 aromatic carbocycles. The fourth-order valence-electron chi connectivity index (χ4n) is 2.90. The van der Waals surface area contributed by atoms with Gasteiger partial charge >= 0.3 is 0 Å². The summed E-state index contributed by atoms with van der Waals surface area (Å²) in [4.78, 5) is 16.2. The Morgan fingerprint density at radius 2 is 1.90 bits per heavy atom. The number of anilines is 1. The lowest BCUT2D eigenvalue weighted by Crippen LogP contribution is -2.38. The maximum absolute atomic E-state index is 11.9. The summed E-state index contributed by atoms with van der Waals surface area (Å²) >= 11 is 0. The summed E-state index contributed by atoms with van der Waals surface area (Å²) in [7, 11) is 1.76. The van der Waals surface area contributed by atoms with Gasteiger partial charge in [-0.15, -0.1) is 24.0 Å². The molecule has 0 saturated heterocycles. The van der Waals surface area contributed by atoms with Crippen LogP contribution in [0.15, 0.2) is 29.3 Å². The van der Waals surface area contributed by atoms with Crippen molar-refractivity contribution < 1.29 is 9.53 Å². The molecule has 0 aliphatic rings. The van der Waals surface area contributed by atoms with Crippen LogP contribution in [0, 0.1) is 11.8 Å². The van der Waals surface area contributed by atoms with Crippen LogP contribution in [0.5, 0.6) is 0 Å². The van der Waals surface area contributed by atoms with Gasteiger partial charge in [0.2, 0.25) is 5.91 Å². The van der Waals surface area contributed by atoms with Gasteiger partial charge in [-0.2, -0.15) is 0 Å². The van der Waals surface area contributed by atoms with Crippen molar-refractivity contribution in [3.8, 4) is 0 Å². The van der Waals surface area contributed by atoms with Crippen molar-refractivity contribution in [3.05, 3.63) is 29.8 Å². The number of nitrogens with zero attached hydrogens (tertiary/aromatic N) is 1. The minimum Gasteiger partial charge on any atom is -0.378 e. The molecule has 0 fully saturated rings. The lowest BCUT2D eigenvalue weighted by Gasteiger charge is -2.21. The zero-order valence-electron chi connectivity index (χ0n) is 18.7. The monoisotopic (exact) mass is 518 g/mol. The first kappa shape index (κ1) is 27.6. The van der Waals surface area contributed by atoms with E-state index in [0.29, 0.717) is 24.8 Å². The van der Waals surface area contributed by atoms with Gasteiger partial charge in [-0.3, -0.25) is 9.79 Å². The highest BCUT2D eigenvalue weighted by atomic mass is 127. The molecule has 1 rings (SSSR count). The topological polar surface area (TPSA) is 74.8 Å². The maximum Gasteiger partial charge on any atom is 0.224 e. The smallest absolute Gasteiger partial charge is 0.224 e. The van der Waals surface area contributed by atoms with Gasteiger partial charge in [-0.1, -0.05) is 39.8 Å². The molecule has 0 radical (unpaired) electrons. The molecule has 0 aromatic heterocycles. The summed E-state index contributed by atoms with van der Waals surface area (Å²) in [6.07, 6.45) is 1.71. The summed E-state index contributed by atoms with van der Waals surface area (Å²) in [5.41, 5.74) is 1.91. The second-order valence-electron chi connectivity index (χ2n) is 7.73. The van der Waals surface area contributed by atoms with Gasteiger partial charge in [0.15, 0.2) is 5.96 Å². The minimum absolute atomic E-state index is 0. The fourth-order valence-corrected chi connectivity index (χ4v) is 2.90. The number of benzene rings is 1. The third-order valence-electron chi connectivity index (χ3n) is 4.33. The Bertz CT molecular complexity index is 621. The number of amides is 1. The van der Waals surface area contributed by atoms with E-state index in [-0.39, 0.29) is 36.0 Å². The van der Waals surface area contributed by atoms with Gasteiger partial charge in [0, 0.05) is 38.9 Å². The van der Waals surface area contributed by atoms with E-state index in [1.165, 1.54) is 0 Å². The van der Waals surface area contributed by atoms with Crippen molar-refractivity contribution >= 4 is 41.5 Å². The SMILES string of the molecule is CCOC(CCNC(=NC)NCc1cccc(NC(=O)CC(C)C)c1)C(C)C.I. The molecule has 1 atom stereocenters. The number of hydrogen-bond acceptors (Lipinski definition) is 3. The minimum atomic E-state index is 0. The number of aliphatic imine (C=N–C) groups is 1. The number of guanidine groups is 1. The highest BCUT2D eigenvalue weighted by molar-refractivity contribution is 14.0. The van der Waals surface area contributed by atoms with E-state index in [0.717, 1.165) is 36.8 Å². The fraction of sp³-hybridized carbons (Fsp3) is 0.636. The molecule has 1 amide bonds. The zero-order valence-corrected chi connectivity index (χ0v) is 21.1. The first-order chi connectivity index (χ1) is 13.3. The van der Waals surface area contributed by atoms with E-state index in [4.69, 9.17) is 4.74 Å². The predicted molar refractivity (Wildman–Crippen MR) is 133 cm³/mol. The Kier molecular flexibility index (Phi) is 14.8. The van der Waals surface area contributed by atoms with E-state index in [9.17, 15) is 4.79 Å². The molecule has 166 valence electrons. The first-order valence-electron chi connectivity index (χ1n) is 10.3. The average molecular weight is 518 g/mol. The molecule has 3 N–H and O–H groups in total. The molecule has 0 spiro atoms. The van der Waals surface area contributed by atoms with Gasteiger partial charge in [0.1, 0.15) is 0 Å². The number of rotatable bonds is 11. The van der Waals surface area contributed by atoms with Crippen molar-refractivity contribution in [3.63, 3.8) is 0 Å². The molecule has 0 aliphatic carbocycles. The molecular weight excluding hydrogens is 479 g/mol. The van der Waals surface area contributed by atoms with Crippen LogP contribution in [-0.2, 0) is 16.1 Å². The molecule has 0 bridgehead atoms. The maximum atomic E-state index is 11.9. The van der Waals surface area contributed by atoms with E-state index >= 15 is 0 Å². The molecule has 29 heavy (non-hydrogen) atoms. The van der Waals surface area contributed by atoms with Crippen molar-refractivity contribution in [1.82, 2.24) is 10.6 Å². The van der Waals surface area contributed by atoms with Crippen LogP contribution in [-0.4, -0.2) is 38.2 Å². The van der Waals surface area contributed by atoms with Crippen molar-refractivity contribution in [2.24, 2.45) is 16.8 Å². The summed E-state index contributed by atoms with van der Waals surface area (Å²) in [6.45, 7) is 12.6. The van der Waals surface area contributed by atoms with Crippen LogP contribution in [0.3, 0.4) is 0 Å². The van der Waals surface area contributed by atoms with E-state index < -0.39 is 0 Å². The van der Waals surface area contributed by atoms with Gasteiger partial charge in [0.25, 0.3) is 0 Å². The van der Waals surface area contributed by atoms with Gasteiger partial charge < -0.3 is 20.7 Å². The summed E-state index contributed by atoms with van der Waals surface area (Å²) in [6, 6.07) is 7.88. The quantitative estimate of drug-likeness (QED) is 0.231. The Labute approximate surface area is 193 Å². The third-order valence-corrected chi connectivity index (χ3v) is 4.33. The number of carbonyl (C=O) groups is 1. The number of nitrogens with one attached hydrogen (secondary N) is 3. The molecule has 0 aliphatic heterocycles. The lowest BCUT2D eigenvalue weighted by atomic mass is 10.0. The van der Waals surface area contributed by atoms with Crippen LogP contribution in [0.4, 0.5) is 5.69 Å². The molecule has 6 nitrogen and oxygen atoms in total. The van der Waals surface area contributed by atoms with Crippen LogP contribution >= 0.6 is 24.0 Å². The van der Waals surface area contributed by atoms with Crippen molar-refractivity contribution in [1.29, 1.82) is 0 Å². The average Bonchev–Trinajstić information content (AvgIpc) is 2.63. The Balaban J connectivity index is 0.00000784. The van der Waals surface area contributed by atoms with E-state index in [1.807, 2.05) is 45.0 Å².